The van der Waals surface area contributed by atoms with Gasteiger partial charge in [0.25, 0.3) is 11.5 Å². The van der Waals surface area contributed by atoms with Crippen molar-refractivity contribution >= 4 is 34.3 Å². The molecule has 178 valence electrons. The van der Waals surface area contributed by atoms with Gasteiger partial charge in [0.1, 0.15) is 12.4 Å². The minimum Gasteiger partial charge on any atom is -0.447 e. The van der Waals surface area contributed by atoms with Gasteiger partial charge in [-0.1, -0.05) is 18.9 Å². The minimum absolute atomic E-state index is 0.0509. The number of nitrogens with zero attached hydrogens (tertiary/aromatic N) is 2. The molecule has 3 aromatic rings. The van der Waals surface area contributed by atoms with Crippen molar-refractivity contribution in [3.05, 3.63) is 64.2 Å². The Labute approximate surface area is 197 Å². The first-order chi connectivity index (χ1) is 16.5. The molecule has 0 aliphatic carbocycles. The Morgan fingerprint density at radius 1 is 1.00 bits per heavy atom. The maximum atomic E-state index is 13.0. The van der Waals surface area contributed by atoms with E-state index in [2.05, 4.69) is 10.6 Å². The highest BCUT2D eigenvalue weighted by Gasteiger charge is 2.15. The van der Waals surface area contributed by atoms with E-state index in [-0.39, 0.29) is 18.1 Å². The number of rotatable bonds is 6. The highest BCUT2D eigenvalue weighted by molar-refractivity contribution is 6.06. The molecule has 2 aromatic carbocycles. The molecule has 0 radical (unpaired) electrons. The average molecular weight is 465 g/mol. The lowest BCUT2D eigenvalue weighted by Gasteiger charge is -2.16. The summed E-state index contributed by atoms with van der Waals surface area (Å²) in [6.07, 6.45) is 4.38. The third-order valence-electron chi connectivity index (χ3n) is 5.72. The van der Waals surface area contributed by atoms with Crippen LogP contribution in [-0.4, -0.2) is 41.9 Å². The first kappa shape index (κ1) is 23.4. The highest BCUT2D eigenvalue weighted by atomic mass is 16.6. The zero-order valence-electron chi connectivity index (χ0n) is 19.1. The number of aromatic nitrogens is 2. The van der Waals surface area contributed by atoms with Crippen molar-refractivity contribution < 1.29 is 19.1 Å². The first-order valence-corrected chi connectivity index (χ1v) is 11.4. The van der Waals surface area contributed by atoms with Gasteiger partial charge in [-0.25, -0.2) is 9.78 Å². The van der Waals surface area contributed by atoms with Gasteiger partial charge in [-0.05, 0) is 49.2 Å². The zero-order chi connectivity index (χ0) is 23.9. The Kier molecular flexibility index (Phi) is 7.54. The fourth-order valence-electron chi connectivity index (χ4n) is 3.99. The molecule has 1 aliphatic heterocycles. The van der Waals surface area contributed by atoms with Crippen LogP contribution in [0.1, 0.15) is 41.9 Å². The number of benzene rings is 2. The van der Waals surface area contributed by atoms with Gasteiger partial charge < -0.3 is 14.8 Å². The number of hydrogen-bond acceptors (Lipinski definition) is 6. The second-order valence-electron chi connectivity index (χ2n) is 8.17. The molecule has 0 saturated carbocycles. The molecule has 34 heavy (non-hydrogen) atoms. The molecule has 0 fully saturated rings. The quantitative estimate of drug-likeness (QED) is 0.534. The summed E-state index contributed by atoms with van der Waals surface area (Å²) in [6.45, 7) is 1.13. The summed E-state index contributed by atoms with van der Waals surface area (Å²) in [5, 5.41) is 5.94. The number of hydrogen-bond donors (Lipinski definition) is 2. The summed E-state index contributed by atoms with van der Waals surface area (Å²) < 4.78 is 11.6. The van der Waals surface area contributed by atoms with Gasteiger partial charge in [0, 0.05) is 37.0 Å². The van der Waals surface area contributed by atoms with Crippen molar-refractivity contribution in [2.45, 2.75) is 38.6 Å². The molecule has 0 bridgehead atoms. The number of ether oxygens (including phenoxy) is 2. The minimum atomic E-state index is -0.609. The van der Waals surface area contributed by atoms with Gasteiger partial charge in [0.15, 0.2) is 0 Å². The van der Waals surface area contributed by atoms with Gasteiger partial charge in [0.05, 0.1) is 17.5 Å². The number of aryl methyl sites for hydroxylation is 1. The van der Waals surface area contributed by atoms with E-state index in [0.717, 1.165) is 37.9 Å². The van der Waals surface area contributed by atoms with Crippen LogP contribution in [-0.2, 0) is 22.4 Å². The molecule has 0 atom stereocenters. The van der Waals surface area contributed by atoms with Crippen molar-refractivity contribution in [2.75, 3.05) is 31.0 Å². The van der Waals surface area contributed by atoms with Gasteiger partial charge in [-0.3, -0.25) is 19.5 Å². The summed E-state index contributed by atoms with van der Waals surface area (Å²) >= 11 is 0. The predicted molar refractivity (Wildman–Crippen MR) is 129 cm³/mol. The molecule has 4 rings (SSSR count). The molecule has 1 aromatic heterocycles. The molecule has 1 aliphatic rings. The van der Waals surface area contributed by atoms with E-state index >= 15 is 0 Å². The number of carbonyl (C=O) groups is 2. The van der Waals surface area contributed by atoms with Gasteiger partial charge >= 0.3 is 6.09 Å². The topological polar surface area (TPSA) is 112 Å². The SMILES string of the molecule is COCCOC(=O)Nc1cccc(NC(=O)c2ccc3c(=O)n4c(nc3c2)CCCCCC4)c1. The fourth-order valence-corrected chi connectivity index (χ4v) is 3.99. The van der Waals surface area contributed by atoms with E-state index in [1.54, 1.807) is 47.0 Å². The van der Waals surface area contributed by atoms with Crippen LogP contribution in [0.3, 0.4) is 0 Å². The molecule has 2 N–H and O–H groups in total. The van der Waals surface area contributed by atoms with Crippen LogP contribution in [0.5, 0.6) is 0 Å². The lowest BCUT2D eigenvalue weighted by atomic mass is 10.1. The van der Waals surface area contributed by atoms with Gasteiger partial charge in [0.2, 0.25) is 0 Å². The maximum Gasteiger partial charge on any atom is 0.411 e. The van der Waals surface area contributed by atoms with E-state index in [1.165, 1.54) is 7.11 Å². The third kappa shape index (κ3) is 5.60. The lowest BCUT2D eigenvalue weighted by Crippen LogP contribution is -2.26. The van der Waals surface area contributed by atoms with Crippen LogP contribution in [0, 0.1) is 0 Å². The first-order valence-electron chi connectivity index (χ1n) is 11.4. The van der Waals surface area contributed by atoms with Crippen molar-refractivity contribution in [2.24, 2.45) is 0 Å². The van der Waals surface area contributed by atoms with E-state index in [1.807, 2.05) is 0 Å². The molecule has 9 nitrogen and oxygen atoms in total. The number of anilines is 2. The van der Waals surface area contributed by atoms with Crippen molar-refractivity contribution in [1.29, 1.82) is 0 Å². The fraction of sp³-hybridized carbons (Fsp3) is 0.360. The second kappa shape index (κ2) is 10.9. The van der Waals surface area contributed by atoms with E-state index in [0.29, 0.717) is 41.0 Å². The maximum absolute atomic E-state index is 13.0. The van der Waals surface area contributed by atoms with Crippen molar-refractivity contribution in [3.63, 3.8) is 0 Å². The summed E-state index contributed by atoms with van der Waals surface area (Å²) in [7, 11) is 1.52. The van der Waals surface area contributed by atoms with Crippen LogP contribution in [0.25, 0.3) is 10.9 Å². The molecular weight excluding hydrogens is 436 g/mol. The summed E-state index contributed by atoms with van der Waals surface area (Å²) in [5.41, 5.74) is 1.86. The second-order valence-corrected chi connectivity index (χ2v) is 8.17. The van der Waals surface area contributed by atoms with Crippen molar-refractivity contribution in [1.82, 2.24) is 9.55 Å². The number of methoxy groups -OCH3 is 1. The Morgan fingerprint density at radius 3 is 2.62 bits per heavy atom. The Morgan fingerprint density at radius 2 is 1.79 bits per heavy atom. The molecule has 0 unspecified atom stereocenters. The van der Waals surface area contributed by atoms with Crippen LogP contribution in [0.15, 0.2) is 47.3 Å². The number of fused-ring (bicyclic) bond motifs is 2. The largest absolute Gasteiger partial charge is 0.447 e. The van der Waals surface area contributed by atoms with Crippen LogP contribution < -0.4 is 16.2 Å². The van der Waals surface area contributed by atoms with E-state index in [4.69, 9.17) is 14.5 Å². The van der Waals surface area contributed by atoms with E-state index in [9.17, 15) is 14.4 Å². The smallest absolute Gasteiger partial charge is 0.411 e. The normalized spacial score (nSPS) is 13.4. The van der Waals surface area contributed by atoms with Crippen LogP contribution in [0.4, 0.5) is 16.2 Å². The van der Waals surface area contributed by atoms with Crippen molar-refractivity contribution in [3.8, 4) is 0 Å². The molecule has 0 saturated heterocycles. The Hall–Kier alpha value is -3.72. The lowest BCUT2D eigenvalue weighted by molar-refractivity contribution is 0.102. The monoisotopic (exact) mass is 464 g/mol. The predicted octanol–water partition coefficient (Wildman–Crippen LogP) is 3.96. The molecule has 2 amide bonds. The summed E-state index contributed by atoms with van der Waals surface area (Å²) in [5.74, 6) is 0.446. The number of amides is 2. The highest BCUT2D eigenvalue weighted by Crippen LogP contribution is 2.19. The Balaban J connectivity index is 1.50. The number of nitrogens with one attached hydrogen (secondary N) is 2. The van der Waals surface area contributed by atoms with Crippen LogP contribution >= 0.6 is 0 Å². The molecule has 0 spiro atoms. The van der Waals surface area contributed by atoms with Crippen LogP contribution in [0.2, 0.25) is 0 Å². The summed E-state index contributed by atoms with van der Waals surface area (Å²) in [4.78, 5) is 42.4. The van der Waals surface area contributed by atoms with Gasteiger partial charge in [-0.15, -0.1) is 0 Å². The van der Waals surface area contributed by atoms with Gasteiger partial charge in [-0.2, -0.15) is 0 Å². The Bertz CT molecular complexity index is 1250. The van der Waals surface area contributed by atoms with E-state index < -0.39 is 6.09 Å². The number of carbonyl (C=O) groups excluding carboxylic acids is 2. The zero-order valence-corrected chi connectivity index (χ0v) is 19.1. The standard InChI is InChI=1S/C25H28N4O5/c1-33-13-14-34-25(32)27-19-8-6-7-18(16-19)26-23(30)17-10-11-20-21(15-17)28-22-9-4-2-3-5-12-29(22)24(20)31/h6-8,10-11,15-16H,2-5,9,12-14H2,1H3,(H,26,30)(H,27,32). The average Bonchev–Trinajstić information content (AvgIpc) is 2.80. The summed E-state index contributed by atoms with van der Waals surface area (Å²) in [6, 6.07) is 11.7. The molecule has 2 heterocycles. The molecular formula is C25H28N4O5. The third-order valence-corrected chi connectivity index (χ3v) is 5.72. The molecule has 9 heteroatoms.